The average Bonchev–Trinajstić information content (AvgIpc) is 2.33. The van der Waals surface area contributed by atoms with Crippen molar-refractivity contribution in [3.63, 3.8) is 0 Å². The van der Waals surface area contributed by atoms with Crippen LogP contribution in [0.3, 0.4) is 0 Å². The van der Waals surface area contributed by atoms with Gasteiger partial charge in [-0.05, 0) is 19.1 Å². The molecule has 0 aliphatic carbocycles. The van der Waals surface area contributed by atoms with Crippen molar-refractivity contribution in [1.82, 2.24) is 4.98 Å². The van der Waals surface area contributed by atoms with Crippen LogP contribution in [0.1, 0.15) is 12.1 Å². The van der Waals surface area contributed by atoms with Crippen LogP contribution in [0.4, 0.5) is 0 Å². The van der Waals surface area contributed by atoms with Gasteiger partial charge in [0.1, 0.15) is 12.0 Å². The number of pyridine rings is 1. The highest BCUT2D eigenvalue weighted by Gasteiger charge is 2.17. The number of nitro groups is 1. The van der Waals surface area contributed by atoms with Gasteiger partial charge in [-0.25, -0.2) is 4.99 Å². The predicted octanol–water partition coefficient (Wildman–Crippen LogP) is 1.73. The normalized spacial score (nSPS) is 18.6. The topological polar surface area (TPSA) is 77.6 Å². The van der Waals surface area contributed by atoms with Gasteiger partial charge >= 0.3 is 0 Å². The van der Waals surface area contributed by atoms with E-state index >= 15 is 0 Å². The Morgan fingerprint density at radius 3 is 3.00 bits per heavy atom. The Bertz CT molecular complexity index is 496. The average molecular weight is 233 g/mol. The third-order valence-corrected chi connectivity index (χ3v) is 2.33. The Kier molecular flexibility index (Phi) is 3.13. The molecule has 0 radical (unpaired) electrons. The first kappa shape index (κ1) is 11.3. The standard InChI is InChI=1S/C11H11N3O3/c1-8-10(3-2-6-12-8)17-11-5-4-9(7-13-11)14(15)16/h2-4,6-7,11H,5H2,1H3. The fourth-order valence-electron chi connectivity index (χ4n) is 1.44. The number of hydrogen-bond donors (Lipinski definition) is 0. The smallest absolute Gasteiger partial charge is 0.283 e. The molecule has 0 N–H and O–H groups in total. The summed E-state index contributed by atoms with van der Waals surface area (Å²) in [6.45, 7) is 1.83. The molecule has 1 aliphatic rings. The highest BCUT2D eigenvalue weighted by atomic mass is 16.6. The van der Waals surface area contributed by atoms with Gasteiger partial charge in [-0.15, -0.1) is 0 Å². The first-order chi connectivity index (χ1) is 8.16. The second-order valence-corrected chi connectivity index (χ2v) is 3.56. The van der Waals surface area contributed by atoms with E-state index in [-0.39, 0.29) is 5.70 Å². The molecule has 88 valence electrons. The van der Waals surface area contributed by atoms with E-state index in [9.17, 15) is 10.1 Å². The fraction of sp³-hybridized carbons (Fsp3) is 0.273. The predicted molar refractivity (Wildman–Crippen MR) is 61.6 cm³/mol. The summed E-state index contributed by atoms with van der Waals surface area (Å²) in [5.41, 5.74) is 0.777. The Hall–Kier alpha value is -2.24. The molecule has 1 atom stereocenters. The maximum absolute atomic E-state index is 10.5. The van der Waals surface area contributed by atoms with Crippen molar-refractivity contribution in [1.29, 1.82) is 0 Å². The molecule has 6 heteroatoms. The number of nitrogens with zero attached hydrogens (tertiary/aromatic N) is 3. The summed E-state index contributed by atoms with van der Waals surface area (Å²) in [5.74, 6) is 0.646. The van der Waals surface area contributed by atoms with Crippen molar-refractivity contribution < 1.29 is 9.66 Å². The number of dihydropyridines is 1. The Morgan fingerprint density at radius 2 is 2.41 bits per heavy atom. The zero-order valence-corrected chi connectivity index (χ0v) is 9.24. The van der Waals surface area contributed by atoms with Crippen molar-refractivity contribution in [3.05, 3.63) is 45.9 Å². The monoisotopic (exact) mass is 233 g/mol. The zero-order chi connectivity index (χ0) is 12.3. The van der Waals surface area contributed by atoms with Gasteiger partial charge in [-0.2, -0.15) is 0 Å². The molecular weight excluding hydrogens is 222 g/mol. The van der Waals surface area contributed by atoms with Gasteiger partial charge in [0.25, 0.3) is 5.70 Å². The van der Waals surface area contributed by atoms with Gasteiger partial charge in [-0.1, -0.05) is 0 Å². The molecule has 1 unspecified atom stereocenters. The van der Waals surface area contributed by atoms with Gasteiger partial charge < -0.3 is 4.74 Å². The summed E-state index contributed by atoms with van der Waals surface area (Å²) in [6.07, 6.45) is 4.38. The largest absolute Gasteiger partial charge is 0.467 e. The molecular formula is C11H11N3O3. The summed E-state index contributed by atoms with van der Waals surface area (Å²) in [5, 5.41) is 10.5. The number of aliphatic imine (C=N–C) groups is 1. The van der Waals surface area contributed by atoms with E-state index in [1.54, 1.807) is 18.3 Å². The highest BCUT2D eigenvalue weighted by Crippen LogP contribution is 2.19. The molecule has 0 spiro atoms. The molecule has 1 aromatic rings. The molecule has 1 aromatic heterocycles. The van der Waals surface area contributed by atoms with E-state index in [4.69, 9.17) is 4.74 Å². The van der Waals surface area contributed by atoms with Crippen molar-refractivity contribution in [2.75, 3.05) is 0 Å². The first-order valence-corrected chi connectivity index (χ1v) is 5.13. The molecule has 0 fully saturated rings. The van der Waals surface area contributed by atoms with Crippen molar-refractivity contribution >= 4 is 6.21 Å². The van der Waals surface area contributed by atoms with Crippen molar-refractivity contribution in [2.45, 2.75) is 19.6 Å². The van der Waals surface area contributed by atoms with E-state index in [2.05, 4.69) is 9.98 Å². The molecule has 2 rings (SSSR count). The number of aryl methyl sites for hydroxylation is 1. The third-order valence-electron chi connectivity index (χ3n) is 2.33. The van der Waals surface area contributed by atoms with E-state index < -0.39 is 11.2 Å². The number of allylic oxidation sites excluding steroid dienone is 1. The molecule has 1 aliphatic heterocycles. The summed E-state index contributed by atoms with van der Waals surface area (Å²) in [6, 6.07) is 3.57. The maximum Gasteiger partial charge on any atom is 0.283 e. The van der Waals surface area contributed by atoms with Gasteiger partial charge in [0, 0.05) is 18.7 Å². The lowest BCUT2D eigenvalue weighted by atomic mass is 10.2. The molecule has 17 heavy (non-hydrogen) atoms. The lowest BCUT2D eigenvalue weighted by Gasteiger charge is -2.16. The number of ether oxygens (including phenoxy) is 1. The molecule has 0 amide bonds. The van der Waals surface area contributed by atoms with E-state index in [0.717, 1.165) is 5.69 Å². The van der Waals surface area contributed by atoms with Crippen LogP contribution in [0.5, 0.6) is 5.75 Å². The molecule has 2 heterocycles. The van der Waals surface area contributed by atoms with Gasteiger partial charge in [0.05, 0.1) is 10.6 Å². The van der Waals surface area contributed by atoms with E-state index in [0.29, 0.717) is 12.2 Å². The lowest BCUT2D eigenvalue weighted by Crippen LogP contribution is -2.18. The van der Waals surface area contributed by atoms with Crippen LogP contribution in [0.25, 0.3) is 0 Å². The van der Waals surface area contributed by atoms with Crippen LogP contribution in [0.2, 0.25) is 0 Å². The fourth-order valence-corrected chi connectivity index (χ4v) is 1.44. The zero-order valence-electron chi connectivity index (χ0n) is 9.24. The summed E-state index contributed by atoms with van der Waals surface area (Å²) < 4.78 is 5.59. The lowest BCUT2D eigenvalue weighted by molar-refractivity contribution is -0.414. The maximum atomic E-state index is 10.5. The van der Waals surface area contributed by atoms with Crippen molar-refractivity contribution in [2.24, 2.45) is 4.99 Å². The van der Waals surface area contributed by atoms with E-state index in [1.165, 1.54) is 12.3 Å². The number of hydrogen-bond acceptors (Lipinski definition) is 5. The van der Waals surface area contributed by atoms with Gasteiger partial charge in [0.2, 0.25) is 0 Å². The molecule has 0 aromatic carbocycles. The quantitative estimate of drug-likeness (QED) is 0.588. The number of aromatic nitrogens is 1. The van der Waals surface area contributed by atoms with Crippen LogP contribution >= 0.6 is 0 Å². The minimum absolute atomic E-state index is 0.00718. The van der Waals surface area contributed by atoms with E-state index in [1.807, 2.05) is 6.92 Å². The molecule has 6 nitrogen and oxygen atoms in total. The summed E-state index contributed by atoms with van der Waals surface area (Å²) in [4.78, 5) is 18.1. The minimum atomic E-state index is -0.463. The second-order valence-electron chi connectivity index (χ2n) is 3.56. The van der Waals surface area contributed by atoms with Crippen LogP contribution in [0.15, 0.2) is 35.1 Å². The number of rotatable bonds is 3. The SMILES string of the molecule is Cc1ncccc1OC1CC=C([N+](=O)[O-])C=N1. The highest BCUT2D eigenvalue weighted by molar-refractivity contribution is 5.76. The van der Waals surface area contributed by atoms with Crippen LogP contribution in [-0.4, -0.2) is 22.3 Å². The molecule has 0 bridgehead atoms. The second kappa shape index (κ2) is 4.73. The Morgan fingerprint density at radius 1 is 1.59 bits per heavy atom. The van der Waals surface area contributed by atoms with Crippen LogP contribution in [-0.2, 0) is 0 Å². The van der Waals surface area contributed by atoms with Gasteiger partial charge in [0.15, 0.2) is 6.23 Å². The molecule has 0 saturated carbocycles. The molecule has 0 saturated heterocycles. The van der Waals surface area contributed by atoms with Crippen LogP contribution in [0, 0.1) is 17.0 Å². The summed E-state index contributed by atoms with van der Waals surface area (Å²) in [7, 11) is 0. The third kappa shape index (κ3) is 2.66. The Balaban J connectivity index is 2.03. The van der Waals surface area contributed by atoms with Crippen LogP contribution < -0.4 is 4.74 Å². The summed E-state index contributed by atoms with van der Waals surface area (Å²) >= 11 is 0. The Labute approximate surface area is 97.8 Å². The first-order valence-electron chi connectivity index (χ1n) is 5.13. The van der Waals surface area contributed by atoms with Gasteiger partial charge in [-0.3, -0.25) is 15.1 Å². The minimum Gasteiger partial charge on any atom is -0.467 e. The van der Waals surface area contributed by atoms with Crippen molar-refractivity contribution in [3.8, 4) is 5.75 Å².